The molecule has 0 fully saturated rings. The van der Waals surface area contributed by atoms with Gasteiger partial charge in [-0.25, -0.2) is 14.8 Å². The lowest BCUT2D eigenvalue weighted by atomic mass is 10.1. The summed E-state index contributed by atoms with van der Waals surface area (Å²) in [5.41, 5.74) is 10.9. The lowest BCUT2D eigenvalue weighted by Crippen LogP contribution is -2.41. The van der Waals surface area contributed by atoms with Crippen LogP contribution in [-0.2, 0) is 0 Å². The molecule has 1 aromatic carbocycles. The van der Waals surface area contributed by atoms with E-state index in [9.17, 15) is 4.79 Å². The van der Waals surface area contributed by atoms with Crippen molar-refractivity contribution in [1.29, 1.82) is 0 Å². The van der Waals surface area contributed by atoms with Gasteiger partial charge in [-0.15, -0.1) is 0 Å². The number of carbonyl (C=O) groups excluding carboxylic acids is 1. The van der Waals surface area contributed by atoms with Crippen LogP contribution >= 0.6 is 0 Å². The highest BCUT2D eigenvalue weighted by Crippen LogP contribution is 2.33. The number of rotatable bonds is 2. The summed E-state index contributed by atoms with van der Waals surface area (Å²) in [5, 5.41) is 1.12. The number of urea groups is 1. The summed E-state index contributed by atoms with van der Waals surface area (Å²) in [4.78, 5) is 28.4. The Labute approximate surface area is 173 Å². The van der Waals surface area contributed by atoms with E-state index in [-0.39, 0.29) is 6.03 Å². The Morgan fingerprint density at radius 3 is 2.83 bits per heavy atom. The molecular formula is C22H23N7O. The number of aromatic amines is 1. The average molecular weight is 401 g/mol. The summed E-state index contributed by atoms with van der Waals surface area (Å²) >= 11 is 0. The van der Waals surface area contributed by atoms with Crippen molar-refractivity contribution in [2.24, 2.45) is 0 Å². The molecule has 8 heteroatoms. The third kappa shape index (κ3) is 2.88. The molecule has 0 atom stereocenters. The summed E-state index contributed by atoms with van der Waals surface area (Å²) in [6.07, 6.45) is 6.38. The van der Waals surface area contributed by atoms with E-state index in [0.717, 1.165) is 45.6 Å². The second kappa shape index (κ2) is 6.91. The summed E-state index contributed by atoms with van der Waals surface area (Å²) in [6.45, 7) is 1.21. The van der Waals surface area contributed by atoms with E-state index in [0.29, 0.717) is 18.9 Å². The van der Waals surface area contributed by atoms with Crippen LogP contribution in [0.2, 0.25) is 0 Å². The van der Waals surface area contributed by atoms with Crippen molar-refractivity contribution in [1.82, 2.24) is 29.2 Å². The second-order valence-corrected chi connectivity index (χ2v) is 7.69. The maximum Gasteiger partial charge on any atom is 0.319 e. The van der Waals surface area contributed by atoms with E-state index in [4.69, 9.17) is 10.7 Å². The Bertz CT molecular complexity index is 1260. The maximum atomic E-state index is 12.2. The molecule has 30 heavy (non-hydrogen) atoms. The van der Waals surface area contributed by atoms with Gasteiger partial charge in [-0.1, -0.05) is 24.3 Å². The van der Waals surface area contributed by atoms with Crippen molar-refractivity contribution in [3.8, 4) is 11.4 Å². The Hall–Kier alpha value is -3.81. The average Bonchev–Trinajstić information content (AvgIpc) is 3.35. The van der Waals surface area contributed by atoms with Crippen LogP contribution in [0.15, 0.2) is 48.8 Å². The van der Waals surface area contributed by atoms with Gasteiger partial charge in [0, 0.05) is 50.5 Å². The number of carbonyl (C=O) groups is 1. The van der Waals surface area contributed by atoms with Gasteiger partial charge in [0.1, 0.15) is 22.9 Å². The third-order valence-electron chi connectivity index (χ3n) is 5.52. The fourth-order valence-corrected chi connectivity index (χ4v) is 4.01. The number of nitrogens with zero attached hydrogens (tertiary/aromatic N) is 5. The zero-order valence-electron chi connectivity index (χ0n) is 17.0. The molecule has 8 nitrogen and oxygen atoms in total. The number of hydrogen-bond donors (Lipinski definition) is 2. The van der Waals surface area contributed by atoms with Crippen molar-refractivity contribution in [2.75, 3.05) is 32.9 Å². The number of anilines is 1. The first-order valence-corrected chi connectivity index (χ1v) is 9.89. The Morgan fingerprint density at radius 2 is 2.10 bits per heavy atom. The fourth-order valence-electron chi connectivity index (χ4n) is 4.01. The molecule has 3 aromatic heterocycles. The first-order chi connectivity index (χ1) is 14.5. The molecule has 0 radical (unpaired) electrons. The number of fused-ring (bicyclic) bond motifs is 2. The summed E-state index contributed by atoms with van der Waals surface area (Å²) in [5.74, 6) is 1.27. The van der Waals surface area contributed by atoms with Crippen LogP contribution in [0.5, 0.6) is 0 Å². The van der Waals surface area contributed by atoms with Gasteiger partial charge in [0.25, 0.3) is 0 Å². The number of H-pyrrole nitrogens is 1. The number of benzene rings is 1. The second-order valence-electron chi connectivity index (χ2n) is 7.69. The van der Waals surface area contributed by atoms with E-state index in [1.54, 1.807) is 25.2 Å². The molecule has 0 bridgehead atoms. The highest BCUT2D eigenvalue weighted by Gasteiger charge is 2.24. The molecule has 5 rings (SSSR count). The molecule has 2 amide bonds. The Balaban J connectivity index is 1.61. The molecular weight excluding hydrogens is 378 g/mol. The van der Waals surface area contributed by atoms with Crippen LogP contribution in [0, 0.1) is 0 Å². The Morgan fingerprint density at radius 1 is 1.27 bits per heavy atom. The zero-order valence-corrected chi connectivity index (χ0v) is 17.0. The monoisotopic (exact) mass is 401 g/mol. The number of amides is 2. The van der Waals surface area contributed by atoms with E-state index in [2.05, 4.69) is 28.2 Å². The number of aromatic nitrogens is 4. The van der Waals surface area contributed by atoms with Crippen LogP contribution < -0.4 is 5.73 Å². The summed E-state index contributed by atoms with van der Waals surface area (Å²) in [6, 6.07) is 10.2. The van der Waals surface area contributed by atoms with Gasteiger partial charge in [0.15, 0.2) is 0 Å². The smallest absolute Gasteiger partial charge is 0.319 e. The molecule has 0 saturated carbocycles. The van der Waals surface area contributed by atoms with Crippen LogP contribution in [0.3, 0.4) is 0 Å². The number of nitrogens with one attached hydrogen (secondary N) is 1. The highest BCUT2D eigenvalue weighted by molar-refractivity contribution is 5.92. The summed E-state index contributed by atoms with van der Waals surface area (Å²) < 4.78 is 2.00. The minimum absolute atomic E-state index is 0.0190. The minimum Gasteiger partial charge on any atom is -0.382 e. The van der Waals surface area contributed by atoms with Crippen molar-refractivity contribution >= 4 is 33.8 Å². The molecule has 1 aliphatic heterocycles. The van der Waals surface area contributed by atoms with Crippen LogP contribution in [0.25, 0.3) is 33.4 Å². The lowest BCUT2D eigenvalue weighted by Gasteiger charge is -2.28. The fraction of sp³-hybridized carbons (Fsp3) is 0.227. The molecule has 4 heterocycles. The van der Waals surface area contributed by atoms with E-state index >= 15 is 0 Å². The SMILES string of the molecule is CN(C)C(=O)N1CC=C(c2nc(-c3cc4ccccc4[nH]3)c3c(N)nccn23)CC1. The maximum absolute atomic E-state index is 12.2. The van der Waals surface area contributed by atoms with Crippen molar-refractivity contribution < 1.29 is 4.79 Å². The molecule has 0 aliphatic carbocycles. The van der Waals surface area contributed by atoms with E-state index < -0.39 is 0 Å². The standard InChI is InChI=1S/C22H23N7O/c1-27(2)22(30)28-10-7-14(8-11-28)21-26-18(19-20(23)24-9-12-29(19)21)17-13-15-5-3-4-6-16(15)25-17/h3-7,9,12-13,25H,8,10-11H2,1-2H3,(H2,23,24). The summed E-state index contributed by atoms with van der Waals surface area (Å²) in [7, 11) is 3.54. The van der Waals surface area contributed by atoms with Crippen molar-refractivity contribution in [3.05, 3.63) is 54.6 Å². The largest absolute Gasteiger partial charge is 0.382 e. The van der Waals surface area contributed by atoms with Gasteiger partial charge in [0.05, 0.1) is 5.69 Å². The zero-order chi connectivity index (χ0) is 20.8. The Kier molecular flexibility index (Phi) is 4.20. The molecule has 0 saturated heterocycles. The number of hydrogen-bond acceptors (Lipinski definition) is 4. The highest BCUT2D eigenvalue weighted by atomic mass is 16.2. The first kappa shape index (κ1) is 18.2. The number of imidazole rings is 1. The lowest BCUT2D eigenvalue weighted by molar-refractivity contribution is 0.176. The molecule has 4 aromatic rings. The topological polar surface area (TPSA) is 95.5 Å². The molecule has 152 valence electrons. The number of para-hydroxylation sites is 1. The van der Waals surface area contributed by atoms with E-state index in [1.807, 2.05) is 33.7 Å². The molecule has 0 unspecified atom stereocenters. The van der Waals surface area contributed by atoms with Gasteiger partial charge in [-0.05, 0) is 24.1 Å². The van der Waals surface area contributed by atoms with Crippen molar-refractivity contribution in [2.45, 2.75) is 6.42 Å². The van der Waals surface area contributed by atoms with Gasteiger partial charge in [0.2, 0.25) is 0 Å². The minimum atomic E-state index is 0.0190. The van der Waals surface area contributed by atoms with Crippen LogP contribution in [0.4, 0.5) is 10.6 Å². The predicted molar refractivity (Wildman–Crippen MR) is 118 cm³/mol. The number of nitrogens with two attached hydrogens (primary N) is 1. The van der Waals surface area contributed by atoms with Crippen LogP contribution in [-0.4, -0.2) is 62.4 Å². The van der Waals surface area contributed by atoms with Gasteiger partial charge < -0.3 is 20.5 Å². The number of nitrogen functional groups attached to an aromatic ring is 1. The third-order valence-corrected chi connectivity index (χ3v) is 5.52. The van der Waals surface area contributed by atoms with Crippen LogP contribution in [0.1, 0.15) is 12.2 Å². The first-order valence-electron chi connectivity index (χ1n) is 9.89. The van der Waals surface area contributed by atoms with Gasteiger partial charge in [-0.2, -0.15) is 0 Å². The predicted octanol–water partition coefficient (Wildman–Crippen LogP) is 3.23. The van der Waals surface area contributed by atoms with E-state index in [1.165, 1.54) is 0 Å². The van der Waals surface area contributed by atoms with Gasteiger partial charge >= 0.3 is 6.03 Å². The molecule has 0 spiro atoms. The molecule has 1 aliphatic rings. The van der Waals surface area contributed by atoms with Crippen molar-refractivity contribution in [3.63, 3.8) is 0 Å². The van der Waals surface area contributed by atoms with Gasteiger partial charge in [-0.3, -0.25) is 4.40 Å². The molecule has 3 N–H and O–H groups in total. The quantitative estimate of drug-likeness (QED) is 0.539. The normalized spacial score (nSPS) is 14.3.